The highest BCUT2D eigenvalue weighted by atomic mass is 35.5. The summed E-state index contributed by atoms with van der Waals surface area (Å²) in [7, 11) is 2.99. The Balaban J connectivity index is 1.96. The molecule has 0 atom stereocenters. The molecule has 1 aromatic carbocycles. The molecule has 0 aliphatic heterocycles. The van der Waals surface area contributed by atoms with Crippen LogP contribution in [0.1, 0.15) is 10.4 Å². The summed E-state index contributed by atoms with van der Waals surface area (Å²) < 4.78 is 15.2. The zero-order valence-electron chi connectivity index (χ0n) is 13.0. The van der Waals surface area contributed by atoms with E-state index in [1.807, 2.05) is 0 Å². The number of pyridine rings is 1. The maximum absolute atomic E-state index is 11.9. The second-order valence-corrected chi connectivity index (χ2v) is 4.95. The molecule has 0 spiro atoms. The van der Waals surface area contributed by atoms with Crippen molar-refractivity contribution in [3.8, 4) is 11.5 Å². The molecule has 2 aromatic rings. The zero-order valence-corrected chi connectivity index (χ0v) is 13.8. The SMILES string of the molecule is COc1ccc(OC)c(NC(=O)COC(=O)c2ccc(Cl)nc2)c1. The Morgan fingerprint density at radius 2 is 1.96 bits per heavy atom. The van der Waals surface area contributed by atoms with E-state index in [-0.39, 0.29) is 10.7 Å². The van der Waals surface area contributed by atoms with Gasteiger partial charge in [-0.3, -0.25) is 4.79 Å². The standard InChI is InChI=1S/C16H15ClN2O5/c1-22-11-4-5-13(23-2)12(7-11)19-15(20)9-24-16(21)10-3-6-14(17)18-8-10/h3-8H,9H2,1-2H3,(H,19,20). The molecule has 0 aliphatic carbocycles. The van der Waals surface area contributed by atoms with E-state index in [1.54, 1.807) is 18.2 Å². The van der Waals surface area contributed by atoms with Gasteiger partial charge in [0.1, 0.15) is 16.7 Å². The Morgan fingerprint density at radius 3 is 2.58 bits per heavy atom. The number of amides is 1. The van der Waals surface area contributed by atoms with Gasteiger partial charge in [0.05, 0.1) is 25.5 Å². The number of ether oxygens (including phenoxy) is 3. The van der Waals surface area contributed by atoms with Crippen LogP contribution >= 0.6 is 11.6 Å². The van der Waals surface area contributed by atoms with Crippen LogP contribution in [0.5, 0.6) is 11.5 Å². The van der Waals surface area contributed by atoms with E-state index in [1.165, 1.54) is 32.5 Å². The summed E-state index contributed by atoms with van der Waals surface area (Å²) in [6.07, 6.45) is 1.27. The molecule has 0 fully saturated rings. The van der Waals surface area contributed by atoms with E-state index in [2.05, 4.69) is 10.3 Å². The lowest BCUT2D eigenvalue weighted by molar-refractivity contribution is -0.119. The Hall–Kier alpha value is -2.80. The smallest absolute Gasteiger partial charge is 0.340 e. The number of halogens is 1. The van der Waals surface area contributed by atoms with Gasteiger partial charge in [0.2, 0.25) is 0 Å². The van der Waals surface area contributed by atoms with Crippen LogP contribution in [0.4, 0.5) is 5.69 Å². The minimum atomic E-state index is -0.674. The third kappa shape index (κ3) is 4.60. The average molecular weight is 351 g/mol. The van der Waals surface area contributed by atoms with E-state index in [0.29, 0.717) is 17.2 Å². The number of nitrogens with one attached hydrogen (secondary N) is 1. The molecule has 0 bridgehead atoms. The fourth-order valence-corrected chi connectivity index (χ4v) is 1.92. The first kappa shape index (κ1) is 17.6. The number of esters is 1. The van der Waals surface area contributed by atoms with Crippen LogP contribution in [0.3, 0.4) is 0 Å². The van der Waals surface area contributed by atoms with Crippen molar-refractivity contribution in [3.05, 3.63) is 47.2 Å². The monoisotopic (exact) mass is 350 g/mol. The molecule has 7 nitrogen and oxygen atoms in total. The van der Waals surface area contributed by atoms with Crippen LogP contribution in [-0.4, -0.2) is 37.7 Å². The van der Waals surface area contributed by atoms with Gasteiger partial charge < -0.3 is 19.5 Å². The van der Waals surface area contributed by atoms with Crippen LogP contribution in [-0.2, 0) is 9.53 Å². The summed E-state index contributed by atoms with van der Waals surface area (Å²) in [6, 6.07) is 7.86. The van der Waals surface area contributed by atoms with Gasteiger partial charge in [-0.1, -0.05) is 11.6 Å². The largest absolute Gasteiger partial charge is 0.497 e. The molecule has 0 aliphatic rings. The Bertz CT molecular complexity index is 734. The first-order valence-corrected chi connectivity index (χ1v) is 7.22. The second-order valence-electron chi connectivity index (χ2n) is 4.56. The highest BCUT2D eigenvalue weighted by Gasteiger charge is 2.13. The molecule has 1 heterocycles. The van der Waals surface area contributed by atoms with Crippen LogP contribution in [0, 0.1) is 0 Å². The highest BCUT2D eigenvalue weighted by Crippen LogP contribution is 2.28. The van der Waals surface area contributed by atoms with Gasteiger partial charge in [-0.15, -0.1) is 0 Å². The van der Waals surface area contributed by atoms with E-state index < -0.39 is 18.5 Å². The minimum Gasteiger partial charge on any atom is -0.497 e. The maximum Gasteiger partial charge on any atom is 0.340 e. The van der Waals surface area contributed by atoms with E-state index in [4.69, 9.17) is 25.8 Å². The maximum atomic E-state index is 11.9. The summed E-state index contributed by atoms with van der Waals surface area (Å²) in [5.41, 5.74) is 0.609. The van der Waals surface area contributed by atoms with Gasteiger partial charge in [-0.2, -0.15) is 0 Å². The average Bonchev–Trinajstić information content (AvgIpc) is 2.60. The van der Waals surface area contributed by atoms with Crippen LogP contribution in [0.15, 0.2) is 36.5 Å². The van der Waals surface area contributed by atoms with E-state index >= 15 is 0 Å². The molecule has 8 heteroatoms. The molecular formula is C16H15ClN2O5. The number of nitrogens with zero attached hydrogens (tertiary/aromatic N) is 1. The number of aromatic nitrogens is 1. The number of carbonyl (C=O) groups excluding carboxylic acids is 2. The number of benzene rings is 1. The number of rotatable bonds is 6. The molecule has 2 rings (SSSR count). The first-order valence-electron chi connectivity index (χ1n) is 6.84. The lowest BCUT2D eigenvalue weighted by atomic mass is 10.2. The van der Waals surface area contributed by atoms with Crippen LogP contribution in [0.2, 0.25) is 5.15 Å². The number of anilines is 1. The molecule has 0 saturated heterocycles. The molecule has 126 valence electrons. The van der Waals surface area contributed by atoms with E-state index in [0.717, 1.165) is 0 Å². The van der Waals surface area contributed by atoms with Crippen molar-refractivity contribution in [2.45, 2.75) is 0 Å². The summed E-state index contributed by atoms with van der Waals surface area (Å²) in [6.45, 7) is -0.457. The molecule has 24 heavy (non-hydrogen) atoms. The number of hydrogen-bond acceptors (Lipinski definition) is 6. The summed E-state index contributed by atoms with van der Waals surface area (Å²) in [5, 5.41) is 2.85. The predicted molar refractivity (Wildman–Crippen MR) is 87.7 cm³/mol. The van der Waals surface area contributed by atoms with Crippen LogP contribution < -0.4 is 14.8 Å². The fraction of sp³-hybridized carbons (Fsp3) is 0.188. The van der Waals surface area contributed by atoms with Crippen molar-refractivity contribution >= 4 is 29.2 Å². The highest BCUT2D eigenvalue weighted by molar-refractivity contribution is 6.29. The zero-order chi connectivity index (χ0) is 17.5. The first-order chi connectivity index (χ1) is 11.5. The van der Waals surface area contributed by atoms with Crippen LogP contribution in [0.25, 0.3) is 0 Å². The lowest BCUT2D eigenvalue weighted by Crippen LogP contribution is -2.21. The van der Waals surface area contributed by atoms with Crippen molar-refractivity contribution in [3.63, 3.8) is 0 Å². The second kappa shape index (κ2) is 8.16. The molecule has 0 radical (unpaired) electrons. The molecule has 0 unspecified atom stereocenters. The lowest BCUT2D eigenvalue weighted by Gasteiger charge is -2.12. The third-order valence-electron chi connectivity index (χ3n) is 2.98. The number of methoxy groups -OCH3 is 2. The summed E-state index contributed by atoms with van der Waals surface area (Å²) >= 11 is 5.64. The van der Waals surface area contributed by atoms with Gasteiger partial charge in [0.25, 0.3) is 5.91 Å². The van der Waals surface area contributed by atoms with Gasteiger partial charge in [-0.25, -0.2) is 9.78 Å². The summed E-state index contributed by atoms with van der Waals surface area (Å²) in [4.78, 5) is 27.5. The predicted octanol–water partition coefficient (Wildman–Crippen LogP) is 2.55. The number of carbonyl (C=O) groups is 2. The summed E-state index contributed by atoms with van der Waals surface area (Å²) in [5.74, 6) is -0.184. The van der Waals surface area contributed by atoms with Crippen molar-refractivity contribution < 1.29 is 23.8 Å². The van der Waals surface area contributed by atoms with Crippen molar-refractivity contribution in [1.29, 1.82) is 0 Å². The molecular weight excluding hydrogens is 336 g/mol. The quantitative estimate of drug-likeness (QED) is 0.636. The van der Waals surface area contributed by atoms with Crippen molar-refractivity contribution in [2.75, 3.05) is 26.1 Å². The van der Waals surface area contributed by atoms with Crippen molar-refractivity contribution in [1.82, 2.24) is 4.98 Å². The molecule has 0 saturated carbocycles. The molecule has 1 amide bonds. The molecule has 1 aromatic heterocycles. The Kier molecular flexibility index (Phi) is 5.97. The Morgan fingerprint density at radius 1 is 1.17 bits per heavy atom. The van der Waals surface area contributed by atoms with Gasteiger partial charge in [-0.05, 0) is 24.3 Å². The Labute approximate surface area is 143 Å². The minimum absolute atomic E-state index is 0.200. The van der Waals surface area contributed by atoms with Gasteiger partial charge >= 0.3 is 5.97 Å². The third-order valence-corrected chi connectivity index (χ3v) is 3.20. The van der Waals surface area contributed by atoms with Gasteiger partial charge in [0, 0.05) is 12.3 Å². The topological polar surface area (TPSA) is 86.8 Å². The number of hydrogen-bond donors (Lipinski definition) is 1. The van der Waals surface area contributed by atoms with Gasteiger partial charge in [0.15, 0.2) is 6.61 Å². The molecule has 1 N–H and O–H groups in total. The van der Waals surface area contributed by atoms with E-state index in [9.17, 15) is 9.59 Å². The van der Waals surface area contributed by atoms with Crippen molar-refractivity contribution in [2.24, 2.45) is 0 Å². The normalized spacial score (nSPS) is 9.96. The fourth-order valence-electron chi connectivity index (χ4n) is 1.81.